The number of allylic oxidation sites excluding steroid dienone is 1. The SMILES string of the molecule is CCn1c(-c2ccccc2)nc2c1C=CC(C#N)C2. The number of hydrogen-bond acceptors (Lipinski definition) is 2. The second-order valence-corrected chi connectivity index (χ2v) is 4.68. The van der Waals surface area contributed by atoms with Crippen molar-refractivity contribution in [3.05, 3.63) is 47.8 Å². The van der Waals surface area contributed by atoms with E-state index in [1.165, 1.54) is 0 Å². The van der Waals surface area contributed by atoms with Gasteiger partial charge in [-0.3, -0.25) is 0 Å². The van der Waals surface area contributed by atoms with Crippen LogP contribution in [0.4, 0.5) is 0 Å². The average Bonchev–Trinajstić information content (AvgIpc) is 2.85. The summed E-state index contributed by atoms with van der Waals surface area (Å²) in [4.78, 5) is 4.75. The highest BCUT2D eigenvalue weighted by Gasteiger charge is 2.21. The van der Waals surface area contributed by atoms with Crippen LogP contribution in [0.3, 0.4) is 0 Å². The van der Waals surface area contributed by atoms with E-state index in [0.717, 1.165) is 35.7 Å². The van der Waals surface area contributed by atoms with Gasteiger partial charge in [-0.05, 0) is 13.0 Å². The third kappa shape index (κ3) is 1.96. The predicted molar refractivity (Wildman–Crippen MR) is 75.2 cm³/mol. The van der Waals surface area contributed by atoms with Crippen molar-refractivity contribution in [2.24, 2.45) is 5.92 Å². The van der Waals surface area contributed by atoms with Crippen LogP contribution < -0.4 is 0 Å². The maximum absolute atomic E-state index is 9.03. The first-order chi connectivity index (χ1) is 9.33. The monoisotopic (exact) mass is 249 g/mol. The molecule has 0 saturated heterocycles. The normalized spacial score (nSPS) is 16.9. The number of benzene rings is 1. The van der Waals surface area contributed by atoms with Crippen molar-refractivity contribution in [2.45, 2.75) is 19.9 Å². The van der Waals surface area contributed by atoms with Gasteiger partial charge in [-0.2, -0.15) is 5.26 Å². The van der Waals surface area contributed by atoms with E-state index in [0.29, 0.717) is 0 Å². The first-order valence-corrected chi connectivity index (χ1v) is 6.56. The van der Waals surface area contributed by atoms with Gasteiger partial charge < -0.3 is 4.57 Å². The van der Waals surface area contributed by atoms with Crippen molar-refractivity contribution in [3.63, 3.8) is 0 Å². The van der Waals surface area contributed by atoms with E-state index < -0.39 is 0 Å². The molecular formula is C16H15N3. The second kappa shape index (κ2) is 4.74. The van der Waals surface area contributed by atoms with Gasteiger partial charge in [-0.15, -0.1) is 0 Å². The third-order valence-corrected chi connectivity index (χ3v) is 3.50. The minimum atomic E-state index is -0.0451. The Kier molecular flexibility index (Phi) is 2.92. The van der Waals surface area contributed by atoms with E-state index >= 15 is 0 Å². The molecule has 1 unspecified atom stereocenters. The highest BCUT2D eigenvalue weighted by molar-refractivity contribution is 5.63. The number of aromatic nitrogens is 2. The van der Waals surface area contributed by atoms with Crippen molar-refractivity contribution < 1.29 is 0 Å². The summed E-state index contributed by atoms with van der Waals surface area (Å²) >= 11 is 0. The summed E-state index contributed by atoms with van der Waals surface area (Å²) in [6.07, 6.45) is 4.73. The average molecular weight is 249 g/mol. The summed E-state index contributed by atoms with van der Waals surface area (Å²) in [5, 5.41) is 9.03. The predicted octanol–water partition coefficient (Wildman–Crippen LogP) is 3.28. The minimum absolute atomic E-state index is 0.0451. The summed E-state index contributed by atoms with van der Waals surface area (Å²) in [5.41, 5.74) is 3.31. The van der Waals surface area contributed by atoms with Gasteiger partial charge in [0.05, 0.1) is 23.4 Å². The van der Waals surface area contributed by atoms with Gasteiger partial charge in [0.1, 0.15) is 5.82 Å². The molecule has 0 amide bonds. The summed E-state index contributed by atoms with van der Waals surface area (Å²) in [6.45, 7) is 3.01. The molecule has 0 N–H and O–H groups in total. The number of imidazole rings is 1. The van der Waals surface area contributed by atoms with Crippen molar-refractivity contribution in [3.8, 4) is 17.5 Å². The molecular weight excluding hydrogens is 234 g/mol. The molecule has 1 heterocycles. The van der Waals surface area contributed by atoms with Crippen LogP contribution in [-0.2, 0) is 13.0 Å². The third-order valence-electron chi connectivity index (χ3n) is 3.50. The van der Waals surface area contributed by atoms with Gasteiger partial charge in [0.25, 0.3) is 0 Å². The van der Waals surface area contributed by atoms with Crippen LogP contribution in [-0.4, -0.2) is 9.55 Å². The summed E-state index contributed by atoms with van der Waals surface area (Å²) in [6, 6.07) is 12.5. The molecule has 94 valence electrons. The zero-order valence-corrected chi connectivity index (χ0v) is 10.9. The van der Waals surface area contributed by atoms with Gasteiger partial charge in [0.2, 0.25) is 0 Å². The molecule has 0 saturated carbocycles. The molecule has 0 aliphatic heterocycles. The van der Waals surface area contributed by atoms with E-state index in [2.05, 4.69) is 29.7 Å². The van der Waals surface area contributed by atoms with Crippen LogP contribution in [0.5, 0.6) is 0 Å². The van der Waals surface area contributed by atoms with Gasteiger partial charge >= 0.3 is 0 Å². The lowest BCUT2D eigenvalue weighted by Crippen LogP contribution is -2.07. The number of nitriles is 1. The van der Waals surface area contributed by atoms with Crippen LogP contribution in [0.2, 0.25) is 0 Å². The number of fused-ring (bicyclic) bond motifs is 1. The lowest BCUT2D eigenvalue weighted by molar-refractivity contribution is 0.744. The van der Waals surface area contributed by atoms with E-state index in [4.69, 9.17) is 10.2 Å². The Bertz CT molecular complexity index is 659. The Hall–Kier alpha value is -2.34. The molecule has 1 aliphatic rings. The molecule has 2 aromatic rings. The topological polar surface area (TPSA) is 41.6 Å². The van der Waals surface area contributed by atoms with Gasteiger partial charge in [-0.1, -0.05) is 36.4 Å². The fourth-order valence-corrected chi connectivity index (χ4v) is 2.55. The molecule has 1 aromatic heterocycles. The molecule has 0 fully saturated rings. The molecule has 1 aromatic carbocycles. The fourth-order valence-electron chi connectivity index (χ4n) is 2.55. The molecule has 19 heavy (non-hydrogen) atoms. The molecule has 0 radical (unpaired) electrons. The number of rotatable bonds is 2. The Labute approximate surface area is 112 Å². The lowest BCUT2D eigenvalue weighted by Gasteiger charge is -2.11. The van der Waals surface area contributed by atoms with Crippen LogP contribution in [0, 0.1) is 17.2 Å². The Morgan fingerprint density at radius 3 is 2.84 bits per heavy atom. The molecule has 3 rings (SSSR count). The van der Waals surface area contributed by atoms with Crippen LogP contribution in [0.1, 0.15) is 18.3 Å². The summed E-state index contributed by atoms with van der Waals surface area (Å²) in [7, 11) is 0. The number of hydrogen-bond donors (Lipinski definition) is 0. The molecule has 3 nitrogen and oxygen atoms in total. The molecule has 0 bridgehead atoms. The maximum atomic E-state index is 9.03. The largest absolute Gasteiger partial charge is 0.325 e. The Morgan fingerprint density at radius 2 is 2.16 bits per heavy atom. The van der Waals surface area contributed by atoms with E-state index in [1.54, 1.807) is 0 Å². The Morgan fingerprint density at radius 1 is 1.37 bits per heavy atom. The quantitative estimate of drug-likeness (QED) is 0.819. The Balaban J connectivity index is 2.12. The molecule has 1 atom stereocenters. The smallest absolute Gasteiger partial charge is 0.140 e. The molecule has 0 spiro atoms. The van der Waals surface area contributed by atoms with Crippen molar-refractivity contribution in [1.82, 2.24) is 9.55 Å². The van der Waals surface area contributed by atoms with Crippen molar-refractivity contribution >= 4 is 6.08 Å². The van der Waals surface area contributed by atoms with E-state index in [9.17, 15) is 0 Å². The second-order valence-electron chi connectivity index (χ2n) is 4.68. The zero-order valence-electron chi connectivity index (χ0n) is 10.9. The first kappa shape index (κ1) is 11.7. The van der Waals surface area contributed by atoms with Crippen molar-refractivity contribution in [1.29, 1.82) is 5.26 Å². The standard InChI is InChI=1S/C16H15N3/c1-2-19-15-9-8-12(11-17)10-14(15)18-16(19)13-6-4-3-5-7-13/h3-9,12H,2,10H2,1H3. The van der Waals surface area contributed by atoms with Crippen LogP contribution in [0.15, 0.2) is 36.4 Å². The molecule has 3 heteroatoms. The van der Waals surface area contributed by atoms with E-state index in [-0.39, 0.29) is 5.92 Å². The fraction of sp³-hybridized carbons (Fsp3) is 0.250. The van der Waals surface area contributed by atoms with Gasteiger partial charge in [0, 0.05) is 18.5 Å². The van der Waals surface area contributed by atoms with Crippen LogP contribution in [0.25, 0.3) is 17.5 Å². The highest BCUT2D eigenvalue weighted by Crippen LogP contribution is 2.28. The van der Waals surface area contributed by atoms with Gasteiger partial charge in [0.15, 0.2) is 0 Å². The highest BCUT2D eigenvalue weighted by atomic mass is 15.1. The maximum Gasteiger partial charge on any atom is 0.140 e. The van der Waals surface area contributed by atoms with Crippen LogP contribution >= 0.6 is 0 Å². The number of nitrogens with zero attached hydrogens (tertiary/aromatic N) is 3. The minimum Gasteiger partial charge on any atom is -0.325 e. The zero-order chi connectivity index (χ0) is 13.2. The summed E-state index contributed by atoms with van der Waals surface area (Å²) in [5.74, 6) is 0.952. The van der Waals surface area contributed by atoms with Gasteiger partial charge in [-0.25, -0.2) is 4.98 Å². The van der Waals surface area contributed by atoms with Crippen molar-refractivity contribution in [2.75, 3.05) is 0 Å². The molecule has 1 aliphatic carbocycles. The first-order valence-electron chi connectivity index (χ1n) is 6.56. The summed E-state index contributed by atoms with van der Waals surface area (Å²) < 4.78 is 2.22. The van der Waals surface area contributed by atoms with E-state index in [1.807, 2.05) is 30.4 Å². The lowest BCUT2D eigenvalue weighted by atomic mass is 9.98.